The van der Waals surface area contributed by atoms with Crippen molar-refractivity contribution in [3.63, 3.8) is 0 Å². The molecule has 0 bridgehead atoms. The number of fused-ring (bicyclic) bond motifs is 2. The Kier molecular flexibility index (Phi) is 6.50. The highest BCUT2D eigenvalue weighted by Gasteiger charge is 2.29. The van der Waals surface area contributed by atoms with Crippen molar-refractivity contribution < 1.29 is 12.7 Å². The van der Waals surface area contributed by atoms with E-state index in [9.17, 15) is 8.42 Å². The van der Waals surface area contributed by atoms with Gasteiger partial charge in [-0.1, -0.05) is 57.5 Å². The van der Waals surface area contributed by atoms with E-state index in [4.69, 9.17) is 4.28 Å². The molecule has 0 spiro atoms. The predicted octanol–water partition coefficient (Wildman–Crippen LogP) is 5.87. The number of benzene rings is 2. The average Bonchev–Trinajstić information content (AvgIpc) is 2.62. The molecule has 3 rings (SSSR count). The Bertz CT molecular complexity index is 910. The fraction of sp³-hybridized carbons (Fsp3) is 0.429. The standard InChI is InChI=1S/C21H27NO3S2/c1-4-7-16-10-12-20-19(14-16)22(25-27(23,24)13-6-3)18-11-9-17(8-5-2)15-21(18)26-20/h9-12,14-15H,4-8,13H2,1-3H3. The van der Waals surface area contributed by atoms with Crippen molar-refractivity contribution in [2.75, 3.05) is 10.8 Å². The number of rotatable bonds is 8. The van der Waals surface area contributed by atoms with Crippen LogP contribution in [0.15, 0.2) is 46.2 Å². The van der Waals surface area contributed by atoms with E-state index in [0.717, 1.165) is 46.8 Å². The monoisotopic (exact) mass is 405 g/mol. The minimum atomic E-state index is -3.65. The number of hydrogen-bond donors (Lipinski definition) is 0. The molecule has 2 aromatic rings. The molecule has 4 nitrogen and oxygen atoms in total. The van der Waals surface area contributed by atoms with Gasteiger partial charge in [-0.25, -0.2) is 5.06 Å². The first kappa shape index (κ1) is 20.2. The molecule has 146 valence electrons. The van der Waals surface area contributed by atoms with Crippen molar-refractivity contribution in [3.05, 3.63) is 47.5 Å². The maximum Gasteiger partial charge on any atom is 0.288 e. The maximum absolute atomic E-state index is 12.4. The van der Waals surface area contributed by atoms with E-state index in [1.54, 1.807) is 11.8 Å². The smallest absolute Gasteiger partial charge is 0.202 e. The molecule has 0 saturated carbocycles. The van der Waals surface area contributed by atoms with E-state index in [0.29, 0.717) is 6.42 Å². The molecule has 0 aromatic heterocycles. The van der Waals surface area contributed by atoms with Crippen LogP contribution in [0.4, 0.5) is 11.4 Å². The predicted molar refractivity (Wildman–Crippen MR) is 112 cm³/mol. The van der Waals surface area contributed by atoms with E-state index in [1.807, 2.05) is 13.0 Å². The zero-order valence-corrected chi connectivity index (χ0v) is 17.8. The third-order valence-electron chi connectivity index (χ3n) is 4.42. The van der Waals surface area contributed by atoms with Crippen molar-refractivity contribution >= 4 is 33.3 Å². The average molecular weight is 406 g/mol. The van der Waals surface area contributed by atoms with Crippen molar-refractivity contribution in [1.29, 1.82) is 0 Å². The molecule has 0 amide bonds. The summed E-state index contributed by atoms with van der Waals surface area (Å²) in [5.41, 5.74) is 4.04. The lowest BCUT2D eigenvalue weighted by atomic mass is 10.1. The van der Waals surface area contributed by atoms with Gasteiger partial charge in [-0.15, -0.1) is 4.28 Å². The van der Waals surface area contributed by atoms with E-state index in [2.05, 4.69) is 44.2 Å². The number of nitrogens with zero attached hydrogens (tertiary/aromatic N) is 1. The lowest BCUT2D eigenvalue weighted by molar-refractivity contribution is 0.319. The molecule has 0 aliphatic carbocycles. The molecule has 1 aliphatic rings. The van der Waals surface area contributed by atoms with Crippen molar-refractivity contribution in [1.82, 2.24) is 0 Å². The summed E-state index contributed by atoms with van der Waals surface area (Å²) in [6.45, 7) is 6.13. The van der Waals surface area contributed by atoms with Gasteiger partial charge >= 0.3 is 0 Å². The highest BCUT2D eigenvalue weighted by molar-refractivity contribution is 7.99. The fourth-order valence-corrected chi connectivity index (χ4v) is 5.28. The van der Waals surface area contributed by atoms with Gasteiger partial charge in [0.05, 0.1) is 17.1 Å². The first-order chi connectivity index (χ1) is 13.0. The van der Waals surface area contributed by atoms with Crippen LogP contribution < -0.4 is 5.06 Å². The van der Waals surface area contributed by atoms with E-state index < -0.39 is 10.1 Å². The molecule has 27 heavy (non-hydrogen) atoms. The quantitative estimate of drug-likeness (QED) is 0.550. The lowest BCUT2D eigenvalue weighted by Gasteiger charge is -2.31. The van der Waals surface area contributed by atoms with Gasteiger partial charge in [-0.2, -0.15) is 8.42 Å². The maximum atomic E-state index is 12.4. The molecule has 6 heteroatoms. The minimum absolute atomic E-state index is 0.00385. The molecule has 0 N–H and O–H groups in total. The van der Waals surface area contributed by atoms with Crippen LogP contribution in [-0.4, -0.2) is 14.2 Å². The summed E-state index contributed by atoms with van der Waals surface area (Å²) in [7, 11) is -3.65. The molecular weight excluding hydrogens is 378 g/mol. The Balaban J connectivity index is 2.07. The van der Waals surface area contributed by atoms with E-state index in [1.165, 1.54) is 16.2 Å². The van der Waals surface area contributed by atoms with E-state index in [-0.39, 0.29) is 5.75 Å². The Labute approximate surface area is 167 Å². The van der Waals surface area contributed by atoms with Crippen LogP contribution in [0.5, 0.6) is 0 Å². The third-order valence-corrected chi connectivity index (χ3v) is 6.82. The van der Waals surface area contributed by atoms with Crippen LogP contribution in [0.2, 0.25) is 0 Å². The zero-order valence-electron chi connectivity index (χ0n) is 16.2. The number of hydrogen-bond acceptors (Lipinski definition) is 5. The first-order valence-electron chi connectivity index (χ1n) is 9.63. The van der Waals surface area contributed by atoms with Gasteiger partial charge in [0.15, 0.2) is 0 Å². The molecular formula is C21H27NO3S2. The van der Waals surface area contributed by atoms with Gasteiger partial charge in [-0.05, 0) is 54.7 Å². The van der Waals surface area contributed by atoms with Crippen molar-refractivity contribution in [2.24, 2.45) is 0 Å². The Morgan fingerprint density at radius 2 is 1.52 bits per heavy atom. The van der Waals surface area contributed by atoms with Gasteiger partial charge in [0.1, 0.15) is 0 Å². The van der Waals surface area contributed by atoms with Gasteiger partial charge in [-0.3, -0.25) is 0 Å². The Morgan fingerprint density at radius 1 is 0.852 bits per heavy atom. The van der Waals surface area contributed by atoms with Gasteiger partial charge in [0, 0.05) is 9.79 Å². The molecule has 0 atom stereocenters. The summed E-state index contributed by atoms with van der Waals surface area (Å²) < 4.78 is 30.5. The normalized spacial score (nSPS) is 13.4. The summed E-state index contributed by atoms with van der Waals surface area (Å²) >= 11 is 1.68. The molecule has 1 heterocycles. The number of anilines is 2. The summed E-state index contributed by atoms with van der Waals surface area (Å²) in [6.07, 6.45) is 4.60. The van der Waals surface area contributed by atoms with Gasteiger partial charge in [0.2, 0.25) is 0 Å². The summed E-state index contributed by atoms with van der Waals surface area (Å²) in [5.74, 6) is 0.00385. The third kappa shape index (κ3) is 4.68. The minimum Gasteiger partial charge on any atom is -0.202 e. The Hall–Kier alpha value is -1.50. The van der Waals surface area contributed by atoms with Crippen LogP contribution in [0, 0.1) is 0 Å². The van der Waals surface area contributed by atoms with Crippen LogP contribution in [0.3, 0.4) is 0 Å². The molecule has 0 saturated heterocycles. The van der Waals surface area contributed by atoms with Crippen LogP contribution >= 0.6 is 11.8 Å². The summed E-state index contributed by atoms with van der Waals surface area (Å²) in [5, 5.41) is 1.51. The molecule has 2 aromatic carbocycles. The first-order valence-corrected chi connectivity index (χ1v) is 12.0. The topological polar surface area (TPSA) is 46.6 Å². The second-order valence-corrected chi connectivity index (χ2v) is 9.59. The largest absolute Gasteiger partial charge is 0.288 e. The van der Waals surface area contributed by atoms with Crippen LogP contribution in [-0.2, 0) is 27.2 Å². The highest BCUT2D eigenvalue weighted by Crippen LogP contribution is 2.49. The second-order valence-electron chi connectivity index (χ2n) is 6.84. The van der Waals surface area contributed by atoms with Crippen LogP contribution in [0.1, 0.15) is 51.2 Å². The Morgan fingerprint density at radius 3 is 2.19 bits per heavy atom. The zero-order chi connectivity index (χ0) is 19.4. The fourth-order valence-electron chi connectivity index (χ4n) is 3.23. The number of aryl methyl sites for hydroxylation is 2. The highest BCUT2D eigenvalue weighted by atomic mass is 32.2. The van der Waals surface area contributed by atoms with Crippen LogP contribution in [0.25, 0.3) is 0 Å². The molecule has 1 aliphatic heterocycles. The summed E-state index contributed by atoms with van der Waals surface area (Å²) in [6, 6.07) is 12.4. The van der Waals surface area contributed by atoms with Crippen molar-refractivity contribution in [3.8, 4) is 0 Å². The lowest BCUT2D eigenvalue weighted by Crippen LogP contribution is -2.26. The SMILES string of the molecule is CCCc1ccc2c(c1)Sc1ccc(CCC)cc1N2OS(=O)(=O)CCC. The molecule has 0 fully saturated rings. The van der Waals surface area contributed by atoms with Crippen molar-refractivity contribution in [2.45, 2.75) is 62.7 Å². The molecule has 0 radical (unpaired) electrons. The van der Waals surface area contributed by atoms with Gasteiger partial charge < -0.3 is 0 Å². The molecule has 0 unspecified atom stereocenters. The van der Waals surface area contributed by atoms with Gasteiger partial charge in [0.25, 0.3) is 10.1 Å². The summed E-state index contributed by atoms with van der Waals surface area (Å²) in [4.78, 5) is 2.05. The second kappa shape index (κ2) is 8.67. The van der Waals surface area contributed by atoms with E-state index >= 15 is 0 Å².